The molecule has 2 N–H and O–H groups in total. The van der Waals surface area contributed by atoms with Gasteiger partial charge in [-0.15, -0.1) is 0 Å². The quantitative estimate of drug-likeness (QED) is 0.942. The topological polar surface area (TPSA) is 69.4 Å². The van der Waals surface area contributed by atoms with Crippen molar-refractivity contribution in [2.75, 3.05) is 0 Å². The maximum Gasteiger partial charge on any atom is 0.380 e. The van der Waals surface area contributed by atoms with Crippen LogP contribution in [0.4, 0.5) is 0 Å². The Bertz CT molecular complexity index is 656. The Hall–Kier alpha value is -1.37. The molecule has 0 aliphatic heterocycles. The summed E-state index contributed by atoms with van der Waals surface area (Å²) in [4.78, 5) is 0. The van der Waals surface area contributed by atoms with Gasteiger partial charge in [0.25, 0.3) is 0 Å². The molecule has 0 saturated heterocycles. The maximum absolute atomic E-state index is 10.8. The summed E-state index contributed by atoms with van der Waals surface area (Å²) in [6.07, 6.45) is 0. The lowest BCUT2D eigenvalue weighted by Gasteiger charge is -2.07. The first kappa shape index (κ1) is 13.1. The van der Waals surface area contributed by atoms with Gasteiger partial charge in [-0.05, 0) is 39.2 Å². The largest absolute Gasteiger partial charge is 0.380 e. The van der Waals surface area contributed by atoms with E-state index in [0.29, 0.717) is 4.47 Å². The van der Waals surface area contributed by atoms with Crippen molar-refractivity contribution in [2.24, 2.45) is 5.14 Å². The highest BCUT2D eigenvalue weighted by Crippen LogP contribution is 2.31. The number of nitrogens with two attached hydrogens (primary N) is 1. The zero-order valence-electron chi connectivity index (χ0n) is 9.21. The van der Waals surface area contributed by atoms with Gasteiger partial charge in [0.05, 0.1) is 4.47 Å². The van der Waals surface area contributed by atoms with Crippen LogP contribution in [-0.4, -0.2) is 8.42 Å². The van der Waals surface area contributed by atoms with Gasteiger partial charge >= 0.3 is 10.3 Å². The second-order valence-electron chi connectivity index (χ2n) is 3.59. The number of rotatable bonds is 3. The Balaban J connectivity index is 2.37. The van der Waals surface area contributed by atoms with E-state index in [0.717, 1.165) is 11.1 Å². The molecule has 4 nitrogen and oxygen atoms in total. The summed E-state index contributed by atoms with van der Waals surface area (Å²) in [5.41, 5.74) is 1.98. The normalized spacial score (nSPS) is 11.2. The molecule has 0 bridgehead atoms. The Morgan fingerprint density at radius 1 is 1.00 bits per heavy atom. The Labute approximate surface area is 114 Å². The molecule has 18 heavy (non-hydrogen) atoms. The van der Waals surface area contributed by atoms with E-state index in [2.05, 4.69) is 20.1 Å². The molecule has 0 heterocycles. The fourth-order valence-corrected chi connectivity index (χ4v) is 2.47. The van der Waals surface area contributed by atoms with E-state index in [-0.39, 0.29) is 5.75 Å². The average molecular weight is 328 g/mol. The summed E-state index contributed by atoms with van der Waals surface area (Å²) in [6, 6.07) is 14.8. The molecule has 2 aromatic carbocycles. The Kier molecular flexibility index (Phi) is 3.70. The summed E-state index contributed by atoms with van der Waals surface area (Å²) >= 11 is 3.25. The van der Waals surface area contributed by atoms with Crippen LogP contribution < -0.4 is 9.32 Å². The third-order valence-electron chi connectivity index (χ3n) is 2.24. The van der Waals surface area contributed by atoms with Crippen LogP contribution in [0.25, 0.3) is 11.1 Å². The van der Waals surface area contributed by atoms with Gasteiger partial charge in [0.15, 0.2) is 5.75 Å². The van der Waals surface area contributed by atoms with Crippen molar-refractivity contribution in [2.45, 2.75) is 0 Å². The van der Waals surface area contributed by atoms with Gasteiger partial charge in [-0.3, -0.25) is 0 Å². The van der Waals surface area contributed by atoms with Gasteiger partial charge in [0, 0.05) is 0 Å². The van der Waals surface area contributed by atoms with Crippen LogP contribution in [-0.2, 0) is 10.3 Å². The van der Waals surface area contributed by atoms with Crippen LogP contribution in [0, 0.1) is 0 Å². The van der Waals surface area contributed by atoms with Crippen LogP contribution in [0.3, 0.4) is 0 Å². The van der Waals surface area contributed by atoms with Crippen molar-refractivity contribution >= 4 is 26.2 Å². The average Bonchev–Trinajstić information content (AvgIpc) is 2.31. The van der Waals surface area contributed by atoms with E-state index in [1.807, 2.05) is 30.3 Å². The summed E-state index contributed by atoms with van der Waals surface area (Å²) in [5.74, 6) is 0.164. The summed E-state index contributed by atoms with van der Waals surface area (Å²) in [7, 11) is -4.01. The molecular weight excluding hydrogens is 318 g/mol. The smallest absolute Gasteiger partial charge is 0.370 e. The molecule has 0 amide bonds. The molecule has 94 valence electrons. The lowest BCUT2D eigenvalue weighted by Crippen LogP contribution is -2.19. The molecular formula is C12H10BrNO3S. The fraction of sp³-hybridized carbons (Fsp3) is 0. The van der Waals surface area contributed by atoms with E-state index in [1.54, 1.807) is 18.2 Å². The van der Waals surface area contributed by atoms with Crippen molar-refractivity contribution in [3.63, 3.8) is 0 Å². The molecule has 0 atom stereocenters. The number of hydrogen-bond donors (Lipinski definition) is 1. The molecule has 0 spiro atoms. The molecule has 0 unspecified atom stereocenters. The third-order valence-corrected chi connectivity index (χ3v) is 3.28. The molecule has 0 saturated carbocycles. The molecule has 0 radical (unpaired) electrons. The van der Waals surface area contributed by atoms with Gasteiger partial charge in [-0.1, -0.05) is 36.4 Å². The Morgan fingerprint density at radius 3 is 2.22 bits per heavy atom. The predicted octanol–water partition coefficient (Wildman–Crippen LogP) is 2.70. The molecule has 2 aromatic rings. The minimum Gasteiger partial charge on any atom is -0.370 e. The molecule has 2 rings (SSSR count). The number of halogens is 1. The Morgan fingerprint density at radius 2 is 1.67 bits per heavy atom. The van der Waals surface area contributed by atoms with Crippen molar-refractivity contribution in [3.8, 4) is 16.9 Å². The lowest BCUT2D eigenvalue weighted by molar-refractivity contribution is 0.486. The molecule has 0 aromatic heterocycles. The number of hydrogen-bond acceptors (Lipinski definition) is 3. The van der Waals surface area contributed by atoms with Gasteiger partial charge in [0.1, 0.15) is 0 Å². The molecule has 0 aliphatic carbocycles. The highest BCUT2D eigenvalue weighted by Gasteiger charge is 2.09. The summed E-state index contributed by atoms with van der Waals surface area (Å²) < 4.78 is 26.8. The van der Waals surface area contributed by atoms with Crippen LogP contribution >= 0.6 is 15.9 Å². The van der Waals surface area contributed by atoms with E-state index < -0.39 is 10.3 Å². The lowest BCUT2D eigenvalue weighted by atomic mass is 10.1. The minimum absolute atomic E-state index is 0.164. The molecule has 0 fully saturated rings. The van der Waals surface area contributed by atoms with Gasteiger partial charge in [-0.25, -0.2) is 0 Å². The van der Waals surface area contributed by atoms with E-state index in [9.17, 15) is 8.42 Å². The van der Waals surface area contributed by atoms with Crippen LogP contribution in [0.1, 0.15) is 0 Å². The van der Waals surface area contributed by atoms with Crippen LogP contribution in [0.2, 0.25) is 0 Å². The second kappa shape index (κ2) is 5.09. The standard InChI is InChI=1S/C12H10BrNO3S/c13-11-8-10(9-4-2-1-3-5-9)6-7-12(11)17-18(14,15)16/h1-8H,(H2,14,15,16). The maximum atomic E-state index is 10.8. The van der Waals surface area contributed by atoms with Crippen LogP contribution in [0.5, 0.6) is 5.75 Å². The first-order valence-electron chi connectivity index (χ1n) is 5.03. The number of benzene rings is 2. The van der Waals surface area contributed by atoms with Gasteiger partial charge < -0.3 is 4.18 Å². The van der Waals surface area contributed by atoms with E-state index in [1.165, 1.54) is 0 Å². The van der Waals surface area contributed by atoms with Gasteiger partial charge in [-0.2, -0.15) is 13.6 Å². The summed E-state index contributed by atoms with van der Waals surface area (Å²) in [5, 5.41) is 4.81. The molecule has 0 aliphatic rings. The van der Waals surface area contributed by atoms with Crippen molar-refractivity contribution in [3.05, 3.63) is 53.0 Å². The van der Waals surface area contributed by atoms with Crippen molar-refractivity contribution < 1.29 is 12.6 Å². The highest BCUT2D eigenvalue weighted by atomic mass is 79.9. The van der Waals surface area contributed by atoms with Crippen LogP contribution in [0.15, 0.2) is 53.0 Å². The zero-order chi connectivity index (χ0) is 13.2. The monoisotopic (exact) mass is 327 g/mol. The fourth-order valence-electron chi connectivity index (χ4n) is 1.50. The highest BCUT2D eigenvalue weighted by molar-refractivity contribution is 9.10. The predicted molar refractivity (Wildman–Crippen MR) is 73.3 cm³/mol. The van der Waals surface area contributed by atoms with Gasteiger partial charge in [0.2, 0.25) is 0 Å². The SMILES string of the molecule is NS(=O)(=O)Oc1ccc(-c2ccccc2)cc1Br. The van der Waals surface area contributed by atoms with Crippen molar-refractivity contribution in [1.82, 2.24) is 0 Å². The first-order valence-corrected chi connectivity index (χ1v) is 7.29. The van der Waals surface area contributed by atoms with E-state index in [4.69, 9.17) is 5.14 Å². The first-order chi connectivity index (χ1) is 8.46. The minimum atomic E-state index is -4.01. The van der Waals surface area contributed by atoms with E-state index >= 15 is 0 Å². The van der Waals surface area contributed by atoms with Crippen molar-refractivity contribution in [1.29, 1.82) is 0 Å². The summed E-state index contributed by atoms with van der Waals surface area (Å²) in [6.45, 7) is 0. The second-order valence-corrected chi connectivity index (χ2v) is 5.59. The zero-order valence-corrected chi connectivity index (χ0v) is 11.6. The molecule has 6 heteroatoms. The third kappa shape index (κ3) is 3.32.